The van der Waals surface area contributed by atoms with Crippen molar-refractivity contribution in [3.05, 3.63) is 29.8 Å². The molecule has 0 saturated heterocycles. The summed E-state index contributed by atoms with van der Waals surface area (Å²) in [5.74, 6) is 0.211. The van der Waals surface area contributed by atoms with Crippen LogP contribution in [0.25, 0.3) is 0 Å². The van der Waals surface area contributed by atoms with Crippen LogP contribution < -0.4 is 4.74 Å². The van der Waals surface area contributed by atoms with Gasteiger partial charge in [-0.1, -0.05) is 11.6 Å². The summed E-state index contributed by atoms with van der Waals surface area (Å²) in [5, 5.41) is 0. The van der Waals surface area contributed by atoms with Gasteiger partial charge in [0.25, 0.3) is 0 Å². The zero-order valence-corrected chi connectivity index (χ0v) is 12.6. The van der Waals surface area contributed by atoms with Crippen LogP contribution >= 0.6 is 13.6 Å². The Hall–Kier alpha value is -0.407. The quantitative estimate of drug-likeness (QED) is 0.477. The average molecular weight is 310 g/mol. The number of benzene rings is 1. The number of esters is 1. The maximum atomic E-state index is 11.0. The van der Waals surface area contributed by atoms with Gasteiger partial charge in [-0.05, 0) is 0 Å². The van der Waals surface area contributed by atoms with Gasteiger partial charge in [0.1, 0.15) is 0 Å². The van der Waals surface area contributed by atoms with Crippen molar-refractivity contribution in [1.82, 2.24) is 0 Å². The fraction of sp³-hybridized carbons (Fsp3) is 0.222. The third-order valence-corrected chi connectivity index (χ3v) is 1.41. The molecule has 0 aliphatic rings. The maximum absolute atomic E-state index is 11.0. The van der Waals surface area contributed by atoms with Gasteiger partial charge in [-0.2, -0.15) is 0 Å². The van der Waals surface area contributed by atoms with Crippen LogP contribution in [-0.2, 0) is 21.1 Å². The molecule has 0 radical (unpaired) electrons. The Labute approximate surface area is 99.8 Å². The topological polar surface area (TPSA) is 35.5 Å². The molecule has 1 aromatic rings. The van der Waals surface area contributed by atoms with E-state index in [-0.39, 0.29) is 0 Å². The average Bonchev–Trinajstić information content (AvgIpc) is 2.30. The van der Waals surface area contributed by atoms with Crippen molar-refractivity contribution in [1.29, 1.82) is 0 Å². The van der Waals surface area contributed by atoms with E-state index >= 15 is 0 Å². The molecule has 0 amide bonds. The first-order valence-corrected chi connectivity index (χ1v) is 10.6. The van der Waals surface area contributed by atoms with Crippen LogP contribution in [0.5, 0.6) is 5.75 Å². The van der Waals surface area contributed by atoms with Crippen LogP contribution in [-0.4, -0.2) is 20.2 Å². The number of hydrogen-bond acceptors (Lipinski definition) is 3. The van der Waals surface area contributed by atoms with Crippen LogP contribution in [0.2, 0.25) is 0 Å². The van der Waals surface area contributed by atoms with Crippen molar-refractivity contribution < 1.29 is 30.6 Å². The van der Waals surface area contributed by atoms with E-state index < -0.39 is 5.97 Å². The molecule has 0 spiro atoms. The molecule has 3 nitrogen and oxygen atoms in total. The molecule has 0 aromatic heterocycles. The van der Waals surface area contributed by atoms with Crippen molar-refractivity contribution in [3.63, 3.8) is 0 Å². The molecular weight excluding hydrogens is 301 g/mol. The molecule has 0 unspecified atom stereocenters. The first kappa shape index (κ1) is 13.6. The van der Waals surface area contributed by atoms with Crippen LogP contribution in [0.4, 0.5) is 0 Å². The van der Waals surface area contributed by atoms with E-state index in [1.165, 1.54) is 30.6 Å². The summed E-state index contributed by atoms with van der Waals surface area (Å²) in [6.45, 7) is 0. The minimum atomic E-state index is -0.408. The normalized spacial score (nSPS) is 8.36. The Morgan fingerprint density at radius 3 is 2.64 bits per heavy atom. The van der Waals surface area contributed by atoms with Gasteiger partial charge in [0, 0.05) is 5.75 Å². The molecule has 0 saturated carbocycles. The molecule has 0 N–H and O–H groups in total. The molecule has 0 atom stereocenters. The van der Waals surface area contributed by atoms with E-state index in [0.29, 0.717) is 11.3 Å². The molecule has 5 heteroatoms. The van der Waals surface area contributed by atoms with Gasteiger partial charge in [0.15, 0.2) is 0 Å². The monoisotopic (exact) mass is 308 g/mol. The Balaban J connectivity index is 0.000000791. The Morgan fingerprint density at radius 2 is 2.14 bits per heavy atom. The van der Waals surface area contributed by atoms with E-state index in [2.05, 4.69) is 24.4 Å². The third-order valence-electron chi connectivity index (χ3n) is 1.41. The summed E-state index contributed by atoms with van der Waals surface area (Å²) < 4.78 is 9.43. The Morgan fingerprint density at radius 1 is 1.50 bits per heavy atom. The third kappa shape index (κ3) is 4.20. The minimum absolute atomic E-state index is 0.372. The van der Waals surface area contributed by atoms with Crippen LogP contribution in [0.15, 0.2) is 18.2 Å². The van der Waals surface area contributed by atoms with Crippen molar-refractivity contribution in [3.8, 4) is 5.75 Å². The molecule has 0 aliphatic heterocycles. The van der Waals surface area contributed by atoms with E-state index in [1.807, 2.05) is 0 Å². The molecule has 14 heavy (non-hydrogen) atoms. The van der Waals surface area contributed by atoms with Gasteiger partial charge in [-0.3, -0.25) is 0 Å². The number of rotatable bonds is 2. The van der Waals surface area contributed by atoms with E-state index in [4.69, 9.17) is 4.74 Å². The van der Waals surface area contributed by atoms with Crippen molar-refractivity contribution in [2.24, 2.45) is 0 Å². The predicted octanol–water partition coefficient (Wildman–Crippen LogP) is 2.13. The number of methoxy groups -OCH3 is 2. The summed E-state index contributed by atoms with van der Waals surface area (Å²) in [4.78, 5) is 11.0. The van der Waals surface area contributed by atoms with Gasteiger partial charge in [-0.15, -0.1) is 18.2 Å². The first-order valence-electron chi connectivity index (χ1n) is 3.68. The van der Waals surface area contributed by atoms with Crippen molar-refractivity contribution >= 4 is 19.6 Å². The summed E-state index contributed by atoms with van der Waals surface area (Å²) in [6, 6.07) is 7.65. The predicted molar refractivity (Wildman–Crippen MR) is 52.1 cm³/mol. The molecule has 0 bridgehead atoms. The van der Waals surface area contributed by atoms with Gasteiger partial charge < -0.3 is 14.3 Å². The number of ether oxygens (including phenoxy) is 2. The summed E-state index contributed by atoms with van der Waals surface area (Å²) >= 11 is 4.25. The van der Waals surface area contributed by atoms with E-state index in [9.17, 15) is 4.79 Å². The number of carbonyl (C=O) groups is 1. The zero-order valence-electron chi connectivity index (χ0n) is 8.04. The van der Waals surface area contributed by atoms with Crippen LogP contribution in [0.3, 0.4) is 0 Å². The zero-order chi connectivity index (χ0) is 11.0. The second kappa shape index (κ2) is 7.95. The first-order chi connectivity index (χ1) is 6.77. The van der Waals surface area contributed by atoms with Gasteiger partial charge in [-0.25, -0.2) is 0 Å². The molecular formula is C9H9BrO3Zn. The SMILES string of the molecule is COC(=O)c1[c-]ccc(OC)c1.[Zn+][Br]. The molecule has 1 aromatic carbocycles. The Kier molecular flexibility index (Phi) is 7.72. The molecule has 72 valence electrons. The molecule has 0 fully saturated rings. The van der Waals surface area contributed by atoms with E-state index in [0.717, 1.165) is 0 Å². The molecule has 0 heterocycles. The van der Waals surface area contributed by atoms with Crippen molar-refractivity contribution in [2.75, 3.05) is 14.2 Å². The van der Waals surface area contributed by atoms with Gasteiger partial charge >= 0.3 is 30.0 Å². The fourth-order valence-electron chi connectivity index (χ4n) is 0.800. The van der Waals surface area contributed by atoms with Gasteiger partial charge in [0.2, 0.25) is 5.97 Å². The fourth-order valence-corrected chi connectivity index (χ4v) is 0.800. The van der Waals surface area contributed by atoms with Crippen LogP contribution in [0.1, 0.15) is 10.4 Å². The summed E-state index contributed by atoms with van der Waals surface area (Å²) in [7, 11) is 2.87. The molecule has 1 rings (SSSR count). The summed E-state index contributed by atoms with van der Waals surface area (Å²) in [5.41, 5.74) is 0.372. The van der Waals surface area contributed by atoms with Gasteiger partial charge in [0.05, 0.1) is 14.2 Å². The number of hydrogen-bond donors (Lipinski definition) is 0. The molecule has 0 aliphatic carbocycles. The Bertz CT molecular complexity index is 291. The second-order valence-corrected chi connectivity index (χ2v) is 2.13. The van der Waals surface area contributed by atoms with Crippen molar-refractivity contribution in [2.45, 2.75) is 0 Å². The second-order valence-electron chi connectivity index (χ2n) is 2.13. The van der Waals surface area contributed by atoms with Crippen LogP contribution in [0, 0.1) is 6.07 Å². The number of halogens is 1. The summed E-state index contributed by atoms with van der Waals surface area (Å²) in [6.07, 6.45) is 0. The van der Waals surface area contributed by atoms with E-state index in [1.54, 1.807) is 18.2 Å². The standard InChI is InChI=1S/C9H9O3.BrH.Zn/c1-11-8-5-3-4-7(6-8)9(10)12-2;;/h3,5-6H,1-2H3;1H;/q-1;;+2/p-1. The number of carbonyl (C=O) groups excluding carboxylic acids is 1.